The molecule has 1 atom stereocenters. The highest BCUT2D eigenvalue weighted by Gasteiger charge is 2.22. The highest BCUT2D eigenvalue weighted by molar-refractivity contribution is 7.46. The summed E-state index contributed by atoms with van der Waals surface area (Å²) < 4.78 is 26.0. The summed E-state index contributed by atoms with van der Waals surface area (Å²) in [6.45, 7) is 3.43. The molecule has 0 bridgehead atoms. The molecular formula is C31H53O8P. The van der Waals surface area contributed by atoms with E-state index in [1.54, 1.807) is 0 Å². The van der Waals surface area contributed by atoms with Crippen LogP contribution >= 0.6 is 7.82 Å². The van der Waals surface area contributed by atoms with Gasteiger partial charge in [0, 0.05) is 12.8 Å². The lowest BCUT2D eigenvalue weighted by Gasteiger charge is -2.18. The molecule has 0 aromatic rings. The van der Waals surface area contributed by atoms with Gasteiger partial charge in [0.1, 0.15) is 6.61 Å². The van der Waals surface area contributed by atoms with Crippen molar-refractivity contribution >= 4 is 19.8 Å². The summed E-state index contributed by atoms with van der Waals surface area (Å²) in [4.78, 5) is 42.2. The van der Waals surface area contributed by atoms with E-state index in [4.69, 9.17) is 19.3 Å². The summed E-state index contributed by atoms with van der Waals surface area (Å²) in [6, 6.07) is 0. The van der Waals surface area contributed by atoms with Crippen molar-refractivity contribution in [3.05, 3.63) is 48.6 Å². The van der Waals surface area contributed by atoms with Crippen molar-refractivity contribution in [3.8, 4) is 0 Å². The van der Waals surface area contributed by atoms with Gasteiger partial charge in [0.05, 0.1) is 6.61 Å². The van der Waals surface area contributed by atoms with Gasteiger partial charge in [-0.2, -0.15) is 0 Å². The van der Waals surface area contributed by atoms with Crippen LogP contribution in [0.15, 0.2) is 48.6 Å². The van der Waals surface area contributed by atoms with E-state index in [1.807, 2.05) is 36.5 Å². The molecule has 2 N–H and O–H groups in total. The summed E-state index contributed by atoms with van der Waals surface area (Å²) in [7, 11) is -4.74. The fourth-order valence-electron chi connectivity index (χ4n) is 3.73. The summed E-state index contributed by atoms with van der Waals surface area (Å²) in [5, 5.41) is 0. The molecule has 0 saturated heterocycles. The fourth-order valence-corrected chi connectivity index (χ4v) is 4.09. The Labute approximate surface area is 242 Å². The lowest BCUT2D eigenvalue weighted by Crippen LogP contribution is -2.29. The van der Waals surface area contributed by atoms with Crippen molar-refractivity contribution in [2.75, 3.05) is 13.2 Å². The molecule has 0 saturated carbocycles. The largest absolute Gasteiger partial charge is 0.469 e. The fraction of sp³-hybridized carbons (Fsp3) is 0.677. The molecule has 0 aromatic heterocycles. The Bertz CT molecular complexity index is 797. The Morgan fingerprint density at radius 2 is 1.20 bits per heavy atom. The lowest BCUT2D eigenvalue weighted by molar-refractivity contribution is -0.161. The first-order chi connectivity index (χ1) is 19.3. The van der Waals surface area contributed by atoms with Gasteiger partial charge in [-0.3, -0.25) is 14.1 Å². The van der Waals surface area contributed by atoms with E-state index in [0.29, 0.717) is 6.42 Å². The van der Waals surface area contributed by atoms with Crippen LogP contribution in [0, 0.1) is 0 Å². The zero-order valence-corrected chi connectivity index (χ0v) is 25.6. The Morgan fingerprint density at radius 1 is 0.675 bits per heavy atom. The van der Waals surface area contributed by atoms with Gasteiger partial charge in [0.25, 0.3) is 0 Å². The third-order valence-corrected chi connectivity index (χ3v) is 6.44. The van der Waals surface area contributed by atoms with Gasteiger partial charge in [-0.15, -0.1) is 0 Å². The Kier molecular flexibility index (Phi) is 25.8. The van der Waals surface area contributed by atoms with Gasteiger partial charge in [-0.25, -0.2) is 4.57 Å². The van der Waals surface area contributed by atoms with Crippen LogP contribution in [0.4, 0.5) is 0 Å². The van der Waals surface area contributed by atoms with E-state index in [9.17, 15) is 14.2 Å². The lowest BCUT2D eigenvalue weighted by atomic mass is 10.1. The van der Waals surface area contributed by atoms with Gasteiger partial charge in [0.15, 0.2) is 6.10 Å². The predicted molar refractivity (Wildman–Crippen MR) is 161 cm³/mol. The van der Waals surface area contributed by atoms with Crippen molar-refractivity contribution in [3.63, 3.8) is 0 Å². The van der Waals surface area contributed by atoms with E-state index in [0.717, 1.165) is 64.2 Å². The molecule has 0 rings (SSSR count). The third kappa shape index (κ3) is 29.0. The van der Waals surface area contributed by atoms with E-state index in [2.05, 4.69) is 30.5 Å². The third-order valence-electron chi connectivity index (χ3n) is 5.96. The van der Waals surface area contributed by atoms with Gasteiger partial charge >= 0.3 is 19.8 Å². The smallest absolute Gasteiger partial charge is 0.462 e. The minimum atomic E-state index is -4.74. The number of esters is 2. The van der Waals surface area contributed by atoms with Crippen molar-refractivity contribution in [2.45, 2.75) is 123 Å². The first-order valence-electron chi connectivity index (χ1n) is 15.0. The Hall–Kier alpha value is -1.99. The number of phosphoric ester groups is 1. The second-order valence-corrected chi connectivity index (χ2v) is 11.0. The van der Waals surface area contributed by atoms with E-state index in [1.165, 1.54) is 19.3 Å². The molecule has 9 heteroatoms. The normalized spacial score (nSPS) is 13.2. The van der Waals surface area contributed by atoms with Gasteiger partial charge in [-0.1, -0.05) is 120 Å². The average Bonchev–Trinajstić information content (AvgIpc) is 2.91. The number of hydrogen-bond donors (Lipinski definition) is 2. The van der Waals surface area contributed by atoms with Crippen LogP contribution in [0.3, 0.4) is 0 Å². The SMILES string of the molecule is CC/C=C/C=C/C=C/C=C/CCCCCCCC(=O)O[C@H](COC(=O)CCCCCCCCC)COP(=O)(O)O. The van der Waals surface area contributed by atoms with Crippen LogP contribution in [-0.2, 0) is 28.2 Å². The molecule has 0 aliphatic heterocycles. The standard InChI is InChI=1S/C31H53O8P/c1-3-5-7-9-11-12-13-14-15-16-17-18-20-22-24-26-31(33)39-29(28-38-40(34,35)36)27-37-30(32)25-23-21-19-10-8-6-4-2/h5,7,9,11-15,29H,3-4,6,8,10,16-28H2,1-2H3,(H2,34,35,36)/b7-5+,11-9+,13-12+,15-14+/t29-/m1/s1. The molecule has 0 fully saturated rings. The van der Waals surface area contributed by atoms with Crippen molar-refractivity contribution in [2.24, 2.45) is 0 Å². The van der Waals surface area contributed by atoms with Gasteiger partial charge in [0.2, 0.25) is 0 Å². The Morgan fingerprint density at radius 3 is 1.80 bits per heavy atom. The molecule has 0 aliphatic carbocycles. The number of carbonyl (C=O) groups is 2. The molecular weight excluding hydrogens is 531 g/mol. The summed E-state index contributed by atoms with van der Waals surface area (Å²) in [5.74, 6) is -0.926. The second-order valence-electron chi connectivity index (χ2n) is 9.79. The maximum absolute atomic E-state index is 12.2. The summed E-state index contributed by atoms with van der Waals surface area (Å²) in [5.41, 5.74) is 0. The number of phosphoric acid groups is 1. The molecule has 40 heavy (non-hydrogen) atoms. The van der Waals surface area contributed by atoms with E-state index >= 15 is 0 Å². The molecule has 0 heterocycles. The minimum Gasteiger partial charge on any atom is -0.462 e. The Balaban J connectivity index is 4.12. The minimum absolute atomic E-state index is 0.185. The number of allylic oxidation sites excluding steroid dienone is 8. The van der Waals surface area contributed by atoms with Crippen LogP contribution in [0.2, 0.25) is 0 Å². The molecule has 0 spiro atoms. The average molecular weight is 585 g/mol. The first-order valence-corrected chi connectivity index (χ1v) is 16.5. The molecule has 230 valence electrons. The zero-order valence-electron chi connectivity index (χ0n) is 24.7. The number of unbranched alkanes of at least 4 members (excludes halogenated alkanes) is 11. The molecule has 0 aliphatic rings. The van der Waals surface area contributed by atoms with Crippen molar-refractivity contribution in [1.82, 2.24) is 0 Å². The monoisotopic (exact) mass is 584 g/mol. The number of rotatable bonds is 26. The highest BCUT2D eigenvalue weighted by atomic mass is 31.2. The number of carbonyl (C=O) groups excluding carboxylic acids is 2. The molecule has 0 aromatic carbocycles. The van der Waals surface area contributed by atoms with E-state index in [-0.39, 0.29) is 19.4 Å². The van der Waals surface area contributed by atoms with Crippen molar-refractivity contribution < 1.29 is 37.9 Å². The first kappa shape index (κ1) is 38.0. The zero-order chi connectivity index (χ0) is 29.7. The van der Waals surface area contributed by atoms with Crippen LogP contribution in [0.25, 0.3) is 0 Å². The summed E-state index contributed by atoms with van der Waals surface area (Å²) >= 11 is 0. The quantitative estimate of drug-likeness (QED) is 0.0453. The maximum Gasteiger partial charge on any atom is 0.469 e. The maximum atomic E-state index is 12.2. The predicted octanol–water partition coefficient (Wildman–Crippen LogP) is 8.06. The molecule has 8 nitrogen and oxygen atoms in total. The number of hydrogen-bond acceptors (Lipinski definition) is 6. The molecule has 0 unspecified atom stereocenters. The van der Waals surface area contributed by atoms with Crippen LogP contribution < -0.4 is 0 Å². The number of ether oxygens (including phenoxy) is 2. The molecule has 0 amide bonds. The van der Waals surface area contributed by atoms with Crippen LogP contribution in [-0.4, -0.2) is 41.0 Å². The van der Waals surface area contributed by atoms with Crippen LogP contribution in [0.1, 0.15) is 117 Å². The van der Waals surface area contributed by atoms with Crippen LogP contribution in [0.5, 0.6) is 0 Å². The van der Waals surface area contributed by atoms with E-state index < -0.39 is 32.5 Å². The van der Waals surface area contributed by atoms with Gasteiger partial charge < -0.3 is 19.3 Å². The summed E-state index contributed by atoms with van der Waals surface area (Å²) in [6.07, 6.45) is 30.0. The van der Waals surface area contributed by atoms with Gasteiger partial charge in [-0.05, 0) is 32.1 Å². The van der Waals surface area contributed by atoms with Crippen molar-refractivity contribution in [1.29, 1.82) is 0 Å². The topological polar surface area (TPSA) is 119 Å². The second kappa shape index (κ2) is 27.2. The highest BCUT2D eigenvalue weighted by Crippen LogP contribution is 2.35. The molecule has 0 radical (unpaired) electrons.